The highest BCUT2D eigenvalue weighted by Crippen LogP contribution is 2.26. The first-order valence-corrected chi connectivity index (χ1v) is 11.5. The zero-order chi connectivity index (χ0) is 24.3. The molecule has 34 heavy (non-hydrogen) atoms. The molecule has 3 aromatic carbocycles. The van der Waals surface area contributed by atoms with Gasteiger partial charge in [0.15, 0.2) is 0 Å². The van der Waals surface area contributed by atoms with Gasteiger partial charge in [-0.15, -0.1) is 0 Å². The first-order valence-electron chi connectivity index (χ1n) is 10.7. The number of halogens is 1. The summed E-state index contributed by atoms with van der Waals surface area (Å²) in [6.07, 6.45) is 1.69. The molecular formula is C26H26BrN3O4. The van der Waals surface area contributed by atoms with E-state index >= 15 is 0 Å². The van der Waals surface area contributed by atoms with Crippen molar-refractivity contribution in [3.63, 3.8) is 0 Å². The smallest absolute Gasteiger partial charge is 0.262 e. The number of benzene rings is 3. The van der Waals surface area contributed by atoms with Gasteiger partial charge in [0.05, 0.1) is 24.2 Å². The van der Waals surface area contributed by atoms with Crippen molar-refractivity contribution in [2.45, 2.75) is 26.0 Å². The van der Waals surface area contributed by atoms with Crippen LogP contribution >= 0.6 is 15.9 Å². The third kappa shape index (κ3) is 7.74. The predicted octanol–water partition coefficient (Wildman–Crippen LogP) is 4.23. The van der Waals surface area contributed by atoms with E-state index in [9.17, 15) is 9.59 Å². The predicted molar refractivity (Wildman–Crippen MR) is 135 cm³/mol. The van der Waals surface area contributed by atoms with Gasteiger partial charge in [-0.2, -0.15) is 5.10 Å². The van der Waals surface area contributed by atoms with Crippen LogP contribution < -0.4 is 20.2 Å². The molecular weight excluding hydrogens is 498 g/mol. The Labute approximate surface area is 207 Å². The van der Waals surface area contributed by atoms with Gasteiger partial charge in [0.25, 0.3) is 5.91 Å². The Kier molecular flexibility index (Phi) is 9.22. The molecule has 3 aromatic rings. The van der Waals surface area contributed by atoms with Crippen LogP contribution in [0.4, 0.5) is 0 Å². The van der Waals surface area contributed by atoms with Crippen molar-refractivity contribution in [2.24, 2.45) is 5.10 Å². The van der Waals surface area contributed by atoms with Crippen LogP contribution in [0.2, 0.25) is 0 Å². The zero-order valence-corrected chi connectivity index (χ0v) is 20.5. The molecule has 7 nitrogen and oxygen atoms in total. The molecule has 1 atom stereocenters. The summed E-state index contributed by atoms with van der Waals surface area (Å²) in [5.41, 5.74) is 5.12. The first kappa shape index (κ1) is 25.0. The highest BCUT2D eigenvalue weighted by Gasteiger charge is 2.15. The van der Waals surface area contributed by atoms with E-state index in [2.05, 4.69) is 31.8 Å². The molecule has 0 radical (unpaired) electrons. The number of carbonyl (C=O) groups excluding carboxylic acids is 2. The maximum Gasteiger partial charge on any atom is 0.262 e. The SMILES string of the molecule is COc1ccc(CC(=O)NC(C)C(=O)NN=Cc2ccc(OCc3ccccc3)c(Br)c2)cc1. The molecule has 2 N–H and O–H groups in total. The summed E-state index contributed by atoms with van der Waals surface area (Å²) in [6, 6.07) is 21.9. The average molecular weight is 524 g/mol. The highest BCUT2D eigenvalue weighted by atomic mass is 79.9. The van der Waals surface area contributed by atoms with E-state index in [0.29, 0.717) is 12.4 Å². The molecule has 3 rings (SSSR count). The molecule has 1 unspecified atom stereocenters. The lowest BCUT2D eigenvalue weighted by Gasteiger charge is -2.12. The summed E-state index contributed by atoms with van der Waals surface area (Å²) in [6.45, 7) is 2.07. The second-order valence-electron chi connectivity index (χ2n) is 7.51. The number of rotatable bonds is 10. The van der Waals surface area contributed by atoms with E-state index in [-0.39, 0.29) is 12.3 Å². The molecule has 0 fully saturated rings. The lowest BCUT2D eigenvalue weighted by Crippen LogP contribution is -2.43. The molecule has 2 amide bonds. The van der Waals surface area contributed by atoms with E-state index in [4.69, 9.17) is 9.47 Å². The van der Waals surface area contributed by atoms with Crippen LogP contribution in [0.15, 0.2) is 82.4 Å². The molecule has 0 heterocycles. The largest absolute Gasteiger partial charge is 0.497 e. The fourth-order valence-corrected chi connectivity index (χ4v) is 3.51. The van der Waals surface area contributed by atoms with Crippen LogP contribution in [0.5, 0.6) is 11.5 Å². The number of amides is 2. The molecule has 8 heteroatoms. The van der Waals surface area contributed by atoms with E-state index in [1.54, 1.807) is 26.2 Å². The molecule has 0 aliphatic heterocycles. The number of hydrogen-bond donors (Lipinski definition) is 2. The highest BCUT2D eigenvalue weighted by molar-refractivity contribution is 9.10. The van der Waals surface area contributed by atoms with Crippen LogP contribution in [0, 0.1) is 0 Å². The van der Waals surface area contributed by atoms with Crippen LogP contribution in [-0.4, -0.2) is 31.2 Å². The number of hydrogen-bond acceptors (Lipinski definition) is 5. The lowest BCUT2D eigenvalue weighted by molar-refractivity contribution is -0.128. The Morgan fingerprint density at radius 2 is 1.76 bits per heavy atom. The minimum Gasteiger partial charge on any atom is -0.497 e. The topological polar surface area (TPSA) is 89.0 Å². The number of carbonyl (C=O) groups is 2. The van der Waals surface area contributed by atoms with E-state index in [1.807, 2.05) is 60.7 Å². The monoisotopic (exact) mass is 523 g/mol. The van der Waals surface area contributed by atoms with Gasteiger partial charge in [-0.3, -0.25) is 9.59 Å². The first-order chi connectivity index (χ1) is 16.4. The van der Waals surface area contributed by atoms with Crippen molar-refractivity contribution in [1.29, 1.82) is 0 Å². The third-order valence-electron chi connectivity index (χ3n) is 4.88. The van der Waals surface area contributed by atoms with Crippen molar-refractivity contribution < 1.29 is 19.1 Å². The Hall–Kier alpha value is -3.65. The minimum absolute atomic E-state index is 0.164. The number of hydrazone groups is 1. The molecule has 0 saturated carbocycles. The molecule has 176 valence electrons. The molecule has 0 aliphatic carbocycles. The van der Waals surface area contributed by atoms with Crippen LogP contribution in [-0.2, 0) is 22.6 Å². The minimum atomic E-state index is -0.733. The second-order valence-corrected chi connectivity index (χ2v) is 8.37. The fraction of sp³-hybridized carbons (Fsp3) is 0.192. The quantitative estimate of drug-likeness (QED) is 0.307. The van der Waals surface area contributed by atoms with E-state index in [1.165, 1.54) is 6.21 Å². The Morgan fingerprint density at radius 1 is 1.03 bits per heavy atom. The fourth-order valence-electron chi connectivity index (χ4n) is 3.00. The maximum atomic E-state index is 12.3. The van der Waals surface area contributed by atoms with Gasteiger partial charge in [0.2, 0.25) is 5.91 Å². The van der Waals surface area contributed by atoms with Gasteiger partial charge in [0, 0.05) is 0 Å². The van der Waals surface area contributed by atoms with Crippen LogP contribution in [0.25, 0.3) is 0 Å². The molecule has 0 bridgehead atoms. The summed E-state index contributed by atoms with van der Waals surface area (Å²) in [4.78, 5) is 24.5. The zero-order valence-electron chi connectivity index (χ0n) is 19.0. The summed E-state index contributed by atoms with van der Waals surface area (Å²) >= 11 is 3.50. The van der Waals surface area contributed by atoms with Crippen molar-refractivity contribution >= 4 is 34.0 Å². The molecule has 0 aliphatic rings. The normalized spacial score (nSPS) is 11.6. The molecule has 0 saturated heterocycles. The number of ether oxygens (including phenoxy) is 2. The van der Waals surface area contributed by atoms with Gasteiger partial charge in [-0.05, 0) is 69.9 Å². The van der Waals surface area contributed by atoms with Gasteiger partial charge in [-0.1, -0.05) is 42.5 Å². The van der Waals surface area contributed by atoms with Crippen molar-refractivity contribution in [1.82, 2.24) is 10.7 Å². The van der Waals surface area contributed by atoms with Crippen molar-refractivity contribution in [2.75, 3.05) is 7.11 Å². The van der Waals surface area contributed by atoms with Crippen LogP contribution in [0.1, 0.15) is 23.6 Å². The summed E-state index contributed by atoms with van der Waals surface area (Å²) in [5.74, 6) is 0.752. The molecule has 0 spiro atoms. The van der Waals surface area contributed by atoms with Crippen LogP contribution in [0.3, 0.4) is 0 Å². The number of methoxy groups -OCH3 is 1. The van der Waals surface area contributed by atoms with Crippen molar-refractivity contribution in [3.05, 3.63) is 94.0 Å². The Balaban J connectivity index is 1.45. The Morgan fingerprint density at radius 3 is 2.44 bits per heavy atom. The Bertz CT molecular complexity index is 1130. The second kappa shape index (κ2) is 12.6. The summed E-state index contributed by atoms with van der Waals surface area (Å²) < 4.78 is 11.7. The number of nitrogens with zero attached hydrogens (tertiary/aromatic N) is 1. The third-order valence-corrected chi connectivity index (χ3v) is 5.50. The number of nitrogens with one attached hydrogen (secondary N) is 2. The summed E-state index contributed by atoms with van der Waals surface area (Å²) in [5, 5.41) is 6.66. The maximum absolute atomic E-state index is 12.3. The van der Waals surface area contributed by atoms with E-state index in [0.717, 1.165) is 26.9 Å². The van der Waals surface area contributed by atoms with Gasteiger partial charge >= 0.3 is 0 Å². The van der Waals surface area contributed by atoms with Crippen molar-refractivity contribution in [3.8, 4) is 11.5 Å². The van der Waals surface area contributed by atoms with Gasteiger partial charge < -0.3 is 14.8 Å². The molecule has 0 aromatic heterocycles. The summed E-state index contributed by atoms with van der Waals surface area (Å²) in [7, 11) is 1.58. The standard InChI is InChI=1S/C26H26BrN3O4/c1-18(29-25(31)15-19-8-11-22(33-2)12-9-19)26(32)30-28-16-21-10-13-24(23(27)14-21)34-17-20-6-4-3-5-7-20/h3-14,16,18H,15,17H2,1-2H3,(H,29,31)(H,30,32). The van der Waals surface area contributed by atoms with Gasteiger partial charge in [-0.25, -0.2) is 5.43 Å². The van der Waals surface area contributed by atoms with E-state index < -0.39 is 11.9 Å². The average Bonchev–Trinajstić information content (AvgIpc) is 2.84. The lowest BCUT2D eigenvalue weighted by atomic mass is 10.1. The van der Waals surface area contributed by atoms with Gasteiger partial charge in [0.1, 0.15) is 24.1 Å².